The first-order valence-corrected chi connectivity index (χ1v) is 3.27. The van der Waals surface area contributed by atoms with Gasteiger partial charge in [0, 0.05) is 6.07 Å². The van der Waals surface area contributed by atoms with E-state index in [1.54, 1.807) is 0 Å². The number of aliphatic hydroxyl groups excluding tert-OH is 1. The first kappa shape index (κ1) is 9.20. The van der Waals surface area contributed by atoms with Crippen LogP contribution in [-0.2, 0) is 4.79 Å². The third-order valence-electron chi connectivity index (χ3n) is 1.12. The van der Waals surface area contributed by atoms with Crippen LogP contribution in [0, 0.1) is 0 Å². The molecule has 0 fully saturated rings. The molecule has 0 unspecified atom stereocenters. The maximum absolute atomic E-state index is 10.8. The van der Waals surface area contributed by atoms with Crippen molar-refractivity contribution in [3.05, 3.63) is 33.1 Å². The molecular formula is C6H6N2O5. The minimum Gasteiger partial charge on any atom is -0.385 e. The summed E-state index contributed by atoms with van der Waals surface area (Å²) in [6.07, 6.45) is 0.981. The van der Waals surface area contributed by atoms with Crippen LogP contribution in [0.3, 0.4) is 0 Å². The minimum absolute atomic E-state index is 0.514. The van der Waals surface area contributed by atoms with E-state index in [-0.39, 0.29) is 0 Å². The number of aliphatic hydroxyl groups is 1. The highest BCUT2D eigenvalue weighted by Crippen LogP contribution is 1.71. The second kappa shape index (κ2) is 3.68. The second-order valence-corrected chi connectivity index (χ2v) is 2.06. The number of hydrogen-bond donors (Lipinski definition) is 2. The molecule has 0 saturated heterocycles. The van der Waals surface area contributed by atoms with Crippen molar-refractivity contribution in [2.75, 3.05) is 6.61 Å². The highest BCUT2D eigenvalue weighted by Gasteiger charge is 2.03. The van der Waals surface area contributed by atoms with Gasteiger partial charge in [-0.1, -0.05) is 0 Å². The maximum atomic E-state index is 10.8. The molecule has 0 aliphatic heterocycles. The van der Waals surface area contributed by atoms with Crippen LogP contribution < -0.4 is 16.1 Å². The summed E-state index contributed by atoms with van der Waals surface area (Å²) in [6.45, 7) is -0.842. The van der Waals surface area contributed by atoms with Gasteiger partial charge in [-0.2, -0.15) is 0 Å². The number of H-pyrrole nitrogens is 1. The van der Waals surface area contributed by atoms with Crippen LogP contribution in [0.25, 0.3) is 0 Å². The molecule has 70 valence electrons. The number of rotatable bonds is 2. The molecule has 0 aromatic carbocycles. The van der Waals surface area contributed by atoms with E-state index < -0.39 is 23.8 Å². The summed E-state index contributed by atoms with van der Waals surface area (Å²) in [5.74, 6) is -0.992. The van der Waals surface area contributed by atoms with Gasteiger partial charge in [-0.25, -0.2) is 9.59 Å². The Morgan fingerprint density at radius 1 is 1.62 bits per heavy atom. The van der Waals surface area contributed by atoms with Gasteiger partial charge < -0.3 is 9.94 Å². The van der Waals surface area contributed by atoms with Crippen molar-refractivity contribution in [2.24, 2.45) is 0 Å². The Morgan fingerprint density at radius 3 is 2.85 bits per heavy atom. The van der Waals surface area contributed by atoms with Gasteiger partial charge in [0.1, 0.15) is 6.61 Å². The number of aromatic nitrogens is 2. The van der Waals surface area contributed by atoms with Gasteiger partial charge in [-0.3, -0.25) is 9.78 Å². The smallest absolute Gasteiger partial charge is 0.361 e. The molecule has 7 nitrogen and oxygen atoms in total. The van der Waals surface area contributed by atoms with Gasteiger partial charge in [-0.05, 0) is 0 Å². The molecule has 1 heterocycles. The summed E-state index contributed by atoms with van der Waals surface area (Å²) in [4.78, 5) is 38.0. The van der Waals surface area contributed by atoms with E-state index in [2.05, 4.69) is 4.84 Å². The SMILES string of the molecule is O=C(CO)On1ccc(=O)[nH]c1=O. The molecule has 0 amide bonds. The van der Waals surface area contributed by atoms with Gasteiger partial charge >= 0.3 is 11.7 Å². The standard InChI is InChI=1S/C6H6N2O5/c9-3-5(11)13-8-2-1-4(10)7-6(8)12/h1-2,9H,3H2,(H,7,10,12). The fraction of sp³-hybridized carbons (Fsp3) is 0.167. The summed E-state index contributed by atoms with van der Waals surface area (Å²) in [6, 6.07) is 1.01. The molecule has 13 heavy (non-hydrogen) atoms. The number of hydrogen-bond acceptors (Lipinski definition) is 5. The molecule has 2 N–H and O–H groups in total. The van der Waals surface area contributed by atoms with E-state index in [0.29, 0.717) is 4.73 Å². The Bertz CT molecular complexity index is 418. The summed E-state index contributed by atoms with van der Waals surface area (Å²) in [5.41, 5.74) is -1.48. The molecule has 0 radical (unpaired) electrons. The highest BCUT2D eigenvalue weighted by molar-refractivity contribution is 5.70. The zero-order valence-electron chi connectivity index (χ0n) is 6.39. The largest absolute Gasteiger partial charge is 0.385 e. The van der Waals surface area contributed by atoms with Crippen molar-refractivity contribution in [3.63, 3.8) is 0 Å². The second-order valence-electron chi connectivity index (χ2n) is 2.06. The first-order chi connectivity index (χ1) is 6.13. The summed E-state index contributed by atoms with van der Waals surface area (Å²) >= 11 is 0. The zero-order chi connectivity index (χ0) is 9.84. The molecule has 0 atom stereocenters. The maximum Gasteiger partial charge on any atom is 0.361 e. The van der Waals surface area contributed by atoms with Gasteiger partial charge in [-0.15, -0.1) is 4.73 Å². The molecule has 0 saturated carbocycles. The van der Waals surface area contributed by atoms with Crippen LogP contribution in [0.2, 0.25) is 0 Å². The minimum atomic E-state index is -0.992. The normalized spacial score (nSPS) is 9.62. The van der Waals surface area contributed by atoms with Crippen molar-refractivity contribution in [2.45, 2.75) is 0 Å². The van der Waals surface area contributed by atoms with E-state index in [9.17, 15) is 14.4 Å². The average molecular weight is 186 g/mol. The van der Waals surface area contributed by atoms with Crippen LogP contribution in [0.4, 0.5) is 0 Å². The topological polar surface area (TPSA) is 101 Å². The molecule has 1 rings (SSSR count). The van der Waals surface area contributed by atoms with E-state index in [1.165, 1.54) is 0 Å². The lowest BCUT2D eigenvalue weighted by molar-refractivity contribution is -0.148. The van der Waals surface area contributed by atoms with Crippen molar-refractivity contribution in [1.82, 2.24) is 9.71 Å². The third-order valence-corrected chi connectivity index (χ3v) is 1.12. The lowest BCUT2D eigenvalue weighted by atomic mass is 10.7. The van der Waals surface area contributed by atoms with Crippen molar-refractivity contribution >= 4 is 5.97 Å². The Balaban J connectivity index is 2.97. The van der Waals surface area contributed by atoms with Crippen LogP contribution in [-0.4, -0.2) is 27.4 Å². The third kappa shape index (κ3) is 2.27. The predicted molar refractivity (Wildman–Crippen MR) is 40.0 cm³/mol. The predicted octanol–water partition coefficient (Wildman–Crippen LogP) is -2.52. The molecule has 0 spiro atoms. The molecule has 0 aliphatic rings. The van der Waals surface area contributed by atoms with Crippen LogP contribution in [0.15, 0.2) is 21.9 Å². The molecule has 1 aromatic heterocycles. The number of nitrogens with one attached hydrogen (secondary N) is 1. The van der Waals surface area contributed by atoms with Gasteiger partial charge in [0.2, 0.25) is 0 Å². The quantitative estimate of drug-likeness (QED) is 0.531. The van der Waals surface area contributed by atoms with E-state index >= 15 is 0 Å². The summed E-state index contributed by atoms with van der Waals surface area (Å²) in [7, 11) is 0. The lowest BCUT2D eigenvalue weighted by Gasteiger charge is -2.01. The van der Waals surface area contributed by atoms with Crippen molar-refractivity contribution in [3.8, 4) is 0 Å². The van der Waals surface area contributed by atoms with Gasteiger partial charge in [0.25, 0.3) is 5.56 Å². The number of carbonyl (C=O) groups excluding carboxylic acids is 1. The Hall–Kier alpha value is -1.89. The Labute approximate surface area is 71.2 Å². The highest BCUT2D eigenvalue weighted by atomic mass is 16.7. The molecule has 7 heteroatoms. The van der Waals surface area contributed by atoms with Gasteiger partial charge in [0.05, 0.1) is 6.20 Å². The van der Waals surface area contributed by atoms with Gasteiger partial charge in [0.15, 0.2) is 0 Å². The first-order valence-electron chi connectivity index (χ1n) is 3.27. The van der Waals surface area contributed by atoms with Crippen LogP contribution in [0.1, 0.15) is 0 Å². The summed E-state index contributed by atoms with van der Waals surface area (Å²) < 4.78 is 0.514. The number of aromatic amines is 1. The van der Waals surface area contributed by atoms with Crippen LogP contribution in [0.5, 0.6) is 0 Å². The molecule has 0 aliphatic carbocycles. The van der Waals surface area contributed by atoms with Crippen molar-refractivity contribution < 1.29 is 14.7 Å². The van der Waals surface area contributed by atoms with E-state index in [0.717, 1.165) is 12.3 Å². The fourth-order valence-electron chi connectivity index (χ4n) is 0.616. The van der Waals surface area contributed by atoms with E-state index in [1.807, 2.05) is 4.98 Å². The molecule has 0 bridgehead atoms. The Kier molecular flexibility index (Phi) is 2.60. The number of nitrogens with zero attached hydrogens (tertiary/aromatic N) is 1. The molecule has 1 aromatic rings. The monoisotopic (exact) mass is 186 g/mol. The molecular weight excluding hydrogens is 180 g/mol. The Morgan fingerprint density at radius 2 is 2.31 bits per heavy atom. The van der Waals surface area contributed by atoms with Crippen molar-refractivity contribution in [1.29, 1.82) is 0 Å². The number of carbonyl (C=O) groups is 1. The lowest BCUT2D eigenvalue weighted by Crippen LogP contribution is -2.36. The average Bonchev–Trinajstić information content (AvgIpc) is 2.09. The van der Waals surface area contributed by atoms with E-state index in [4.69, 9.17) is 5.11 Å². The summed E-state index contributed by atoms with van der Waals surface area (Å²) in [5, 5.41) is 8.28. The fourth-order valence-corrected chi connectivity index (χ4v) is 0.616. The van der Waals surface area contributed by atoms with Crippen LogP contribution >= 0.6 is 0 Å². The zero-order valence-corrected chi connectivity index (χ0v) is 6.39.